The molecule has 0 radical (unpaired) electrons. The second kappa shape index (κ2) is 18.1. The maximum atomic E-state index is 18.0. The SMILES string of the molecule is CC(C)OC(=O)[C@H](C)NP(=O)(OC[C@H]1O[C@@H](n2cnc3sc4c(N)nc(N)nc4c32)C(C)(F)C1O[P@@](=O)(N[C@@H](C)C(=O)OC(C)C)Oc1ccccc1)Oc1ccccc1. The number of halogens is 1. The predicted molar refractivity (Wildman–Crippen MR) is 221 cm³/mol. The van der Waals surface area contributed by atoms with E-state index in [4.69, 9.17) is 43.8 Å². The molecule has 1 fully saturated rings. The van der Waals surface area contributed by atoms with Crippen molar-refractivity contribution >= 4 is 71.1 Å². The third kappa shape index (κ3) is 10.2. The number of nitrogen functional groups attached to an aromatic ring is 2. The Morgan fingerprint density at radius 1 is 0.883 bits per heavy atom. The molecular formula is C37H47FN8O11P2S. The summed E-state index contributed by atoms with van der Waals surface area (Å²) in [5, 5.41) is 5.15. The lowest BCUT2D eigenvalue weighted by Crippen LogP contribution is -2.45. The number of ether oxygens (including phenoxy) is 3. The number of para-hydroxylation sites is 2. The van der Waals surface area contributed by atoms with Crippen LogP contribution in [0.3, 0.4) is 0 Å². The first-order chi connectivity index (χ1) is 28.3. The summed E-state index contributed by atoms with van der Waals surface area (Å²) in [6.07, 6.45) is -4.80. The summed E-state index contributed by atoms with van der Waals surface area (Å²) in [6.45, 7) is 9.71. The van der Waals surface area contributed by atoms with Crippen LogP contribution in [-0.2, 0) is 42.0 Å². The van der Waals surface area contributed by atoms with Crippen LogP contribution in [-0.4, -0.2) is 80.2 Å². The van der Waals surface area contributed by atoms with Crippen LogP contribution in [0, 0.1) is 0 Å². The van der Waals surface area contributed by atoms with E-state index in [-0.39, 0.29) is 34.3 Å². The van der Waals surface area contributed by atoms with E-state index in [1.807, 2.05) is 0 Å². The van der Waals surface area contributed by atoms with Crippen molar-refractivity contribution in [2.75, 3.05) is 18.1 Å². The Balaban J connectivity index is 1.41. The number of carbonyl (C=O) groups is 2. The van der Waals surface area contributed by atoms with E-state index in [2.05, 4.69) is 25.1 Å². The van der Waals surface area contributed by atoms with Gasteiger partial charge in [-0.2, -0.15) is 15.2 Å². The predicted octanol–water partition coefficient (Wildman–Crippen LogP) is 6.47. The zero-order valence-corrected chi connectivity index (χ0v) is 36.3. The number of rotatable bonds is 18. The summed E-state index contributed by atoms with van der Waals surface area (Å²) >= 11 is 1.14. The molecule has 8 atom stereocenters. The molecule has 60 heavy (non-hydrogen) atoms. The van der Waals surface area contributed by atoms with Crippen LogP contribution in [0.25, 0.3) is 20.6 Å². The molecule has 23 heteroatoms. The second-order valence-electron chi connectivity index (χ2n) is 14.5. The lowest BCUT2D eigenvalue weighted by molar-refractivity contribution is -0.150. The van der Waals surface area contributed by atoms with E-state index in [0.717, 1.165) is 18.3 Å². The number of nitrogens with zero attached hydrogens (tertiary/aromatic N) is 4. The quantitative estimate of drug-likeness (QED) is 0.0543. The molecule has 0 bridgehead atoms. The number of hydrogen-bond acceptors (Lipinski definition) is 17. The van der Waals surface area contributed by atoms with Gasteiger partial charge in [0.2, 0.25) is 5.95 Å². The molecule has 6 rings (SSSR count). The number of thiophene rings is 1. The maximum Gasteiger partial charge on any atom is 0.459 e. The lowest BCUT2D eigenvalue weighted by Gasteiger charge is -2.32. The van der Waals surface area contributed by atoms with Gasteiger partial charge in [0.1, 0.15) is 57.5 Å². The number of carbonyl (C=O) groups excluding carboxylic acids is 2. The number of imidazole rings is 1. The molecule has 0 spiro atoms. The molecular weight excluding hydrogens is 845 g/mol. The van der Waals surface area contributed by atoms with E-state index in [1.54, 1.807) is 64.1 Å². The van der Waals surface area contributed by atoms with Gasteiger partial charge in [-0.1, -0.05) is 36.4 Å². The Hall–Kier alpha value is -4.72. The van der Waals surface area contributed by atoms with Gasteiger partial charge in [0.25, 0.3) is 0 Å². The van der Waals surface area contributed by atoms with Crippen LogP contribution in [0.1, 0.15) is 54.7 Å². The Morgan fingerprint density at radius 2 is 1.42 bits per heavy atom. The third-order valence-corrected chi connectivity index (χ3v) is 13.1. The average Bonchev–Trinajstić information content (AvgIpc) is 3.81. The first-order valence-corrected chi connectivity index (χ1v) is 22.7. The van der Waals surface area contributed by atoms with Crippen LogP contribution in [0.4, 0.5) is 16.2 Å². The normalized spacial score (nSPS) is 22.3. The van der Waals surface area contributed by atoms with Crippen molar-refractivity contribution in [2.45, 2.75) is 96.9 Å². The highest BCUT2D eigenvalue weighted by Crippen LogP contribution is 2.55. The van der Waals surface area contributed by atoms with Gasteiger partial charge in [0.05, 0.1) is 29.8 Å². The Kier molecular flexibility index (Phi) is 13.5. The van der Waals surface area contributed by atoms with Crippen molar-refractivity contribution in [1.29, 1.82) is 0 Å². The summed E-state index contributed by atoms with van der Waals surface area (Å²) in [4.78, 5) is 39.0. The van der Waals surface area contributed by atoms with Gasteiger partial charge in [-0.15, -0.1) is 11.3 Å². The molecule has 5 aromatic rings. The monoisotopic (exact) mass is 892 g/mol. The number of benzene rings is 2. The number of hydrogen-bond donors (Lipinski definition) is 4. The average molecular weight is 893 g/mol. The number of esters is 2. The fourth-order valence-electron chi connectivity index (χ4n) is 6.15. The molecule has 0 saturated carbocycles. The molecule has 0 aliphatic carbocycles. The Labute approximate surface area is 348 Å². The third-order valence-electron chi connectivity index (χ3n) is 8.74. The summed E-state index contributed by atoms with van der Waals surface area (Å²) < 4.78 is 90.0. The van der Waals surface area contributed by atoms with E-state index in [9.17, 15) is 18.7 Å². The second-order valence-corrected chi connectivity index (χ2v) is 18.9. The number of nitrogens with one attached hydrogen (secondary N) is 2. The molecule has 2 aromatic carbocycles. The number of alkyl halides is 1. The molecule has 0 amide bonds. The molecule has 6 N–H and O–H groups in total. The molecule has 3 aromatic heterocycles. The molecule has 1 saturated heterocycles. The van der Waals surface area contributed by atoms with Crippen molar-refractivity contribution in [3.8, 4) is 11.5 Å². The first kappa shape index (κ1) is 44.8. The maximum absolute atomic E-state index is 18.0. The molecule has 4 heterocycles. The summed E-state index contributed by atoms with van der Waals surface area (Å²) in [6, 6.07) is 13.3. The molecule has 1 aliphatic rings. The van der Waals surface area contributed by atoms with Gasteiger partial charge in [-0.05, 0) is 72.7 Å². The first-order valence-electron chi connectivity index (χ1n) is 18.8. The molecule has 324 valence electrons. The van der Waals surface area contributed by atoms with Crippen LogP contribution in [0.2, 0.25) is 0 Å². The summed E-state index contributed by atoms with van der Waals surface area (Å²) in [5.41, 5.74) is 9.99. The van der Waals surface area contributed by atoms with Crippen LogP contribution in [0.5, 0.6) is 11.5 Å². The van der Waals surface area contributed by atoms with Gasteiger partial charge in [0.15, 0.2) is 11.9 Å². The van der Waals surface area contributed by atoms with Gasteiger partial charge in [-0.3, -0.25) is 23.2 Å². The standard InChI is InChI=1S/C37H47FN8O11P2S/c1-20(2)52-33(47)22(5)44-58(49,55-24-14-10-8-11-15-24)51-18-26-30(57-59(50,56-25-16-12-9-13-17-25)45-23(6)34(48)53-21(3)4)37(7,38)35(54-26)46-19-41-32-28(46)27-29(60-32)31(39)43-36(40)42-27/h8-17,19-23,26,30,35H,18H2,1-7H3,(H,44,49)(H,45,50)(H4,39,40,42,43)/t22-,23-,26+,30?,35+,37?,58?,59+/m0/s1. The minimum absolute atomic E-state index is 0.0461. The highest BCUT2D eigenvalue weighted by atomic mass is 32.1. The Morgan fingerprint density at radius 3 is 1.97 bits per heavy atom. The van der Waals surface area contributed by atoms with Gasteiger partial charge >= 0.3 is 27.4 Å². The van der Waals surface area contributed by atoms with E-state index >= 15 is 4.39 Å². The van der Waals surface area contributed by atoms with Gasteiger partial charge < -0.3 is 34.7 Å². The number of anilines is 2. The van der Waals surface area contributed by atoms with Crippen molar-refractivity contribution in [3.63, 3.8) is 0 Å². The molecule has 1 aliphatic heterocycles. The molecule has 3 unspecified atom stereocenters. The van der Waals surface area contributed by atoms with Crippen LogP contribution < -0.4 is 30.7 Å². The van der Waals surface area contributed by atoms with Gasteiger partial charge in [-0.25, -0.2) is 23.5 Å². The highest BCUT2D eigenvalue weighted by Gasteiger charge is 2.60. The minimum atomic E-state index is -4.80. The zero-order valence-electron chi connectivity index (χ0n) is 33.7. The Bertz CT molecular complexity index is 2410. The van der Waals surface area contributed by atoms with Crippen molar-refractivity contribution in [1.82, 2.24) is 29.7 Å². The smallest absolute Gasteiger partial charge is 0.459 e. The minimum Gasteiger partial charge on any atom is -0.462 e. The van der Waals surface area contributed by atoms with Gasteiger partial charge in [0, 0.05) is 0 Å². The summed E-state index contributed by atoms with van der Waals surface area (Å²) in [5.74, 6) is -1.46. The van der Waals surface area contributed by atoms with Crippen LogP contribution >= 0.6 is 26.8 Å². The van der Waals surface area contributed by atoms with E-state index in [0.29, 0.717) is 9.53 Å². The fraction of sp³-hybridized carbons (Fsp3) is 0.432. The van der Waals surface area contributed by atoms with Crippen molar-refractivity contribution in [3.05, 3.63) is 67.0 Å². The topological polar surface area (TPSA) is 253 Å². The number of fused-ring (bicyclic) bond motifs is 3. The van der Waals surface area contributed by atoms with E-state index < -0.39 is 82.4 Å². The summed E-state index contributed by atoms with van der Waals surface area (Å²) in [7, 11) is -9.37. The highest BCUT2D eigenvalue weighted by molar-refractivity contribution is 7.52. The molecule has 19 nitrogen and oxygen atoms in total. The zero-order chi connectivity index (χ0) is 43.6. The van der Waals surface area contributed by atoms with Crippen molar-refractivity contribution in [2.24, 2.45) is 0 Å². The lowest BCUT2D eigenvalue weighted by atomic mass is 9.98. The number of aromatic nitrogens is 4. The van der Waals surface area contributed by atoms with Crippen molar-refractivity contribution < 1.29 is 55.4 Å². The fourth-order valence-corrected chi connectivity index (χ4v) is 10.4. The van der Waals surface area contributed by atoms with E-state index in [1.165, 1.54) is 49.0 Å². The largest absolute Gasteiger partial charge is 0.462 e. The van der Waals surface area contributed by atoms with Crippen LogP contribution in [0.15, 0.2) is 67.0 Å². The number of nitrogens with two attached hydrogens (primary N) is 2.